The predicted molar refractivity (Wildman–Crippen MR) is 80.9 cm³/mol. The molecule has 2 aromatic heterocycles. The molecule has 0 saturated carbocycles. The van der Waals surface area contributed by atoms with E-state index in [1.54, 1.807) is 13.3 Å². The van der Waals surface area contributed by atoms with Crippen molar-refractivity contribution in [2.75, 3.05) is 7.11 Å². The number of rotatable bonds is 3. The van der Waals surface area contributed by atoms with E-state index in [1.807, 2.05) is 24.3 Å². The number of methoxy groups -OCH3 is 1. The number of ether oxygens (including phenoxy) is 1. The molecule has 3 nitrogen and oxygen atoms in total. The second-order valence-corrected chi connectivity index (χ2v) is 4.59. The second kappa shape index (κ2) is 5.29. The molecule has 100 valence electrons. The van der Waals surface area contributed by atoms with E-state index in [2.05, 4.69) is 30.1 Å². The van der Waals surface area contributed by atoms with E-state index in [-0.39, 0.29) is 0 Å². The van der Waals surface area contributed by atoms with Crippen LogP contribution in [0.1, 0.15) is 12.6 Å². The zero-order valence-corrected chi connectivity index (χ0v) is 11.6. The summed E-state index contributed by atoms with van der Waals surface area (Å²) in [6.45, 7) is 2.12. The van der Waals surface area contributed by atoms with Crippen LogP contribution in [-0.2, 0) is 6.42 Å². The average molecular weight is 264 g/mol. The van der Waals surface area contributed by atoms with Gasteiger partial charge in [-0.2, -0.15) is 0 Å². The molecule has 2 heterocycles. The van der Waals surface area contributed by atoms with Crippen molar-refractivity contribution >= 4 is 10.9 Å². The van der Waals surface area contributed by atoms with Gasteiger partial charge in [-0.3, -0.25) is 4.98 Å². The molecule has 3 aromatic rings. The first-order chi connectivity index (χ1) is 9.83. The van der Waals surface area contributed by atoms with Crippen molar-refractivity contribution in [2.45, 2.75) is 13.3 Å². The summed E-state index contributed by atoms with van der Waals surface area (Å²) in [5.41, 5.74) is 4.34. The van der Waals surface area contributed by atoms with Crippen molar-refractivity contribution < 1.29 is 4.74 Å². The molecule has 0 saturated heterocycles. The minimum Gasteiger partial charge on any atom is -0.481 e. The highest BCUT2D eigenvalue weighted by atomic mass is 16.5. The van der Waals surface area contributed by atoms with Crippen LogP contribution >= 0.6 is 0 Å². The van der Waals surface area contributed by atoms with Gasteiger partial charge in [0.15, 0.2) is 0 Å². The summed E-state index contributed by atoms with van der Waals surface area (Å²) < 4.78 is 5.34. The summed E-state index contributed by atoms with van der Waals surface area (Å²) in [5, 5.41) is 0.950. The Morgan fingerprint density at radius 1 is 1.10 bits per heavy atom. The summed E-state index contributed by atoms with van der Waals surface area (Å²) in [7, 11) is 1.64. The number of hydrogen-bond acceptors (Lipinski definition) is 3. The molecular weight excluding hydrogens is 248 g/mol. The molecule has 0 aliphatic carbocycles. The molecule has 0 atom stereocenters. The molecule has 0 radical (unpaired) electrons. The normalized spacial score (nSPS) is 10.7. The number of aromatic nitrogens is 2. The monoisotopic (exact) mass is 264 g/mol. The highest BCUT2D eigenvalue weighted by Gasteiger charge is 2.11. The van der Waals surface area contributed by atoms with E-state index in [4.69, 9.17) is 9.72 Å². The lowest BCUT2D eigenvalue weighted by atomic mass is 10.0. The summed E-state index contributed by atoms with van der Waals surface area (Å²) in [6, 6.07) is 14.4. The average Bonchev–Trinajstić information content (AvgIpc) is 2.53. The first kappa shape index (κ1) is 12.6. The van der Waals surface area contributed by atoms with Gasteiger partial charge in [-0.15, -0.1) is 0 Å². The maximum Gasteiger partial charge on any atom is 0.222 e. The summed E-state index contributed by atoms with van der Waals surface area (Å²) in [6.07, 6.45) is 2.63. The van der Waals surface area contributed by atoms with Crippen LogP contribution in [0.3, 0.4) is 0 Å². The molecule has 0 amide bonds. The highest BCUT2D eigenvalue weighted by Crippen LogP contribution is 2.30. The second-order valence-electron chi connectivity index (χ2n) is 4.59. The van der Waals surface area contributed by atoms with Crippen LogP contribution in [-0.4, -0.2) is 17.1 Å². The third-order valence-corrected chi connectivity index (χ3v) is 3.40. The molecule has 0 aliphatic heterocycles. The van der Waals surface area contributed by atoms with Gasteiger partial charge in [-0.05, 0) is 24.1 Å². The van der Waals surface area contributed by atoms with E-state index in [9.17, 15) is 0 Å². The summed E-state index contributed by atoms with van der Waals surface area (Å²) >= 11 is 0. The Morgan fingerprint density at radius 2 is 1.90 bits per heavy atom. The van der Waals surface area contributed by atoms with Gasteiger partial charge in [0.25, 0.3) is 0 Å². The van der Waals surface area contributed by atoms with Gasteiger partial charge in [-0.25, -0.2) is 4.98 Å². The standard InChI is InChI=1S/C17H16N2O/c1-3-15-13(12-7-5-4-6-8-12)11-14-16(19-15)9-10-18-17(14)20-2/h4-11H,3H2,1-2H3. The smallest absolute Gasteiger partial charge is 0.222 e. The Bertz CT molecular complexity index is 739. The van der Waals surface area contributed by atoms with Gasteiger partial charge in [0, 0.05) is 17.5 Å². The molecule has 0 aliphatic rings. The molecule has 3 rings (SSSR count). The lowest BCUT2D eigenvalue weighted by molar-refractivity contribution is 0.403. The lowest BCUT2D eigenvalue weighted by Gasteiger charge is -2.11. The van der Waals surface area contributed by atoms with Crippen molar-refractivity contribution in [3.8, 4) is 17.0 Å². The Balaban J connectivity index is 2.30. The maximum atomic E-state index is 5.34. The van der Waals surface area contributed by atoms with Crippen molar-refractivity contribution in [3.63, 3.8) is 0 Å². The molecule has 20 heavy (non-hydrogen) atoms. The largest absolute Gasteiger partial charge is 0.481 e. The van der Waals surface area contributed by atoms with E-state index in [0.29, 0.717) is 5.88 Å². The fraction of sp³-hybridized carbons (Fsp3) is 0.176. The third kappa shape index (κ3) is 2.11. The van der Waals surface area contributed by atoms with Crippen LogP contribution in [0.4, 0.5) is 0 Å². The highest BCUT2D eigenvalue weighted by molar-refractivity contribution is 5.88. The van der Waals surface area contributed by atoms with Crippen LogP contribution < -0.4 is 4.74 Å². The fourth-order valence-electron chi connectivity index (χ4n) is 2.41. The number of aryl methyl sites for hydroxylation is 1. The number of fused-ring (bicyclic) bond motifs is 1. The Kier molecular flexibility index (Phi) is 3.33. The minimum atomic E-state index is 0.620. The van der Waals surface area contributed by atoms with Crippen LogP contribution in [0, 0.1) is 0 Å². The van der Waals surface area contributed by atoms with Gasteiger partial charge in [0.2, 0.25) is 5.88 Å². The van der Waals surface area contributed by atoms with Crippen LogP contribution in [0.25, 0.3) is 22.0 Å². The molecule has 0 N–H and O–H groups in total. The first-order valence-electron chi connectivity index (χ1n) is 6.71. The van der Waals surface area contributed by atoms with E-state index in [1.165, 1.54) is 5.56 Å². The lowest BCUT2D eigenvalue weighted by Crippen LogP contribution is -1.96. The van der Waals surface area contributed by atoms with Gasteiger partial charge in [0.05, 0.1) is 18.0 Å². The van der Waals surface area contributed by atoms with E-state index < -0.39 is 0 Å². The maximum absolute atomic E-state index is 5.34. The number of pyridine rings is 2. The molecular formula is C17H16N2O. The summed E-state index contributed by atoms with van der Waals surface area (Å²) in [4.78, 5) is 9.01. The van der Waals surface area contributed by atoms with Crippen molar-refractivity contribution in [2.24, 2.45) is 0 Å². The molecule has 0 spiro atoms. The molecule has 0 fully saturated rings. The zero-order chi connectivity index (χ0) is 13.9. The van der Waals surface area contributed by atoms with Crippen LogP contribution in [0.5, 0.6) is 5.88 Å². The van der Waals surface area contributed by atoms with E-state index in [0.717, 1.165) is 28.6 Å². The third-order valence-electron chi connectivity index (χ3n) is 3.40. The summed E-state index contributed by atoms with van der Waals surface area (Å²) in [5.74, 6) is 0.620. The molecule has 0 unspecified atom stereocenters. The Morgan fingerprint density at radius 3 is 2.60 bits per heavy atom. The van der Waals surface area contributed by atoms with Crippen LogP contribution in [0.15, 0.2) is 48.7 Å². The van der Waals surface area contributed by atoms with Crippen molar-refractivity contribution in [3.05, 3.63) is 54.4 Å². The zero-order valence-electron chi connectivity index (χ0n) is 11.6. The molecule has 1 aromatic carbocycles. The van der Waals surface area contributed by atoms with Gasteiger partial charge >= 0.3 is 0 Å². The van der Waals surface area contributed by atoms with E-state index >= 15 is 0 Å². The Hall–Kier alpha value is -2.42. The van der Waals surface area contributed by atoms with Gasteiger partial charge in [0.1, 0.15) is 0 Å². The van der Waals surface area contributed by atoms with Crippen molar-refractivity contribution in [1.82, 2.24) is 9.97 Å². The SMILES string of the molecule is CCc1nc2ccnc(OC)c2cc1-c1ccccc1. The quantitative estimate of drug-likeness (QED) is 0.720. The van der Waals surface area contributed by atoms with Crippen LogP contribution in [0.2, 0.25) is 0 Å². The first-order valence-corrected chi connectivity index (χ1v) is 6.71. The van der Waals surface area contributed by atoms with Gasteiger partial charge in [-0.1, -0.05) is 37.3 Å². The molecule has 3 heteroatoms. The van der Waals surface area contributed by atoms with Gasteiger partial charge < -0.3 is 4.74 Å². The molecule has 0 bridgehead atoms. The predicted octanol–water partition coefficient (Wildman–Crippen LogP) is 3.87. The topological polar surface area (TPSA) is 35.0 Å². The number of hydrogen-bond donors (Lipinski definition) is 0. The number of nitrogens with zero attached hydrogens (tertiary/aromatic N) is 2. The number of benzene rings is 1. The Labute approximate surface area is 118 Å². The fourth-order valence-corrected chi connectivity index (χ4v) is 2.41. The van der Waals surface area contributed by atoms with Crippen molar-refractivity contribution in [1.29, 1.82) is 0 Å². The minimum absolute atomic E-state index is 0.620.